The molecule has 2 rings (SSSR count). The van der Waals surface area contributed by atoms with Gasteiger partial charge in [0.2, 0.25) is 0 Å². The molecule has 2 nitrogen and oxygen atoms in total. The lowest BCUT2D eigenvalue weighted by Crippen LogP contribution is -2.23. The van der Waals surface area contributed by atoms with E-state index >= 15 is 0 Å². The lowest BCUT2D eigenvalue weighted by atomic mass is 10.1. The van der Waals surface area contributed by atoms with Crippen molar-refractivity contribution in [1.29, 1.82) is 0 Å². The first-order valence-electron chi connectivity index (χ1n) is 6.56. The molecule has 0 radical (unpaired) electrons. The van der Waals surface area contributed by atoms with Crippen molar-refractivity contribution in [3.63, 3.8) is 0 Å². The van der Waals surface area contributed by atoms with Crippen LogP contribution < -0.4 is 0 Å². The van der Waals surface area contributed by atoms with Crippen LogP contribution in [0.2, 0.25) is 0 Å². The number of benzene rings is 1. The van der Waals surface area contributed by atoms with Crippen LogP contribution in [0.25, 0.3) is 0 Å². The van der Waals surface area contributed by atoms with E-state index in [4.69, 9.17) is 0 Å². The molecule has 0 amide bonds. The molecule has 0 unspecified atom stereocenters. The Morgan fingerprint density at radius 2 is 2.00 bits per heavy atom. The van der Waals surface area contributed by atoms with Crippen LogP contribution >= 0.6 is 0 Å². The van der Waals surface area contributed by atoms with Crippen LogP contribution in [0.5, 0.6) is 0 Å². The van der Waals surface area contributed by atoms with Crippen molar-refractivity contribution in [2.24, 2.45) is 0 Å². The summed E-state index contributed by atoms with van der Waals surface area (Å²) >= 11 is 0. The van der Waals surface area contributed by atoms with E-state index in [9.17, 15) is 0 Å². The molecular formula is C17H20N2. The zero-order valence-electron chi connectivity index (χ0n) is 11.4. The molecule has 98 valence electrons. The van der Waals surface area contributed by atoms with E-state index in [1.807, 2.05) is 24.5 Å². The summed E-state index contributed by atoms with van der Waals surface area (Å²) in [6, 6.07) is 12.6. The largest absolute Gasteiger partial charge is 0.291 e. The number of aromatic nitrogens is 1. The van der Waals surface area contributed by atoms with Crippen molar-refractivity contribution in [3.05, 3.63) is 78.1 Å². The zero-order chi connectivity index (χ0) is 13.5. The fourth-order valence-electron chi connectivity index (χ4n) is 2.15. The van der Waals surface area contributed by atoms with E-state index in [-0.39, 0.29) is 0 Å². The van der Waals surface area contributed by atoms with Gasteiger partial charge in [-0.2, -0.15) is 0 Å². The highest BCUT2D eigenvalue weighted by atomic mass is 15.1. The number of hydrogen-bond acceptors (Lipinski definition) is 2. The average molecular weight is 252 g/mol. The zero-order valence-corrected chi connectivity index (χ0v) is 11.4. The van der Waals surface area contributed by atoms with E-state index in [0.29, 0.717) is 0 Å². The maximum Gasteiger partial charge on any atom is 0.0312 e. The van der Waals surface area contributed by atoms with Crippen molar-refractivity contribution >= 4 is 0 Å². The first-order valence-corrected chi connectivity index (χ1v) is 6.56. The molecule has 0 fully saturated rings. The highest BCUT2D eigenvalue weighted by Crippen LogP contribution is 2.12. The second kappa shape index (κ2) is 6.86. The normalized spacial score (nSPS) is 10.6. The number of aryl methyl sites for hydroxylation is 1. The second-order valence-electron chi connectivity index (χ2n) is 4.75. The molecule has 1 aromatic heterocycles. The van der Waals surface area contributed by atoms with Crippen LogP contribution in [0, 0.1) is 6.92 Å². The Balaban J connectivity index is 2.08. The molecule has 0 aliphatic rings. The quantitative estimate of drug-likeness (QED) is 0.731. The fourth-order valence-corrected chi connectivity index (χ4v) is 2.15. The minimum absolute atomic E-state index is 0.878. The topological polar surface area (TPSA) is 16.1 Å². The van der Waals surface area contributed by atoms with Gasteiger partial charge in [0.15, 0.2) is 0 Å². The predicted molar refractivity (Wildman–Crippen MR) is 79.7 cm³/mol. The first-order chi connectivity index (χ1) is 9.29. The Morgan fingerprint density at radius 3 is 2.68 bits per heavy atom. The fraction of sp³-hybridized carbons (Fsp3) is 0.235. The molecule has 0 saturated heterocycles. The van der Waals surface area contributed by atoms with Gasteiger partial charge in [0.25, 0.3) is 0 Å². The molecule has 0 saturated carbocycles. The molecule has 1 aromatic carbocycles. The molecule has 2 heteroatoms. The lowest BCUT2D eigenvalue weighted by Gasteiger charge is -2.21. The summed E-state index contributed by atoms with van der Waals surface area (Å²) in [5, 5.41) is 0. The van der Waals surface area contributed by atoms with Crippen LogP contribution in [0.4, 0.5) is 0 Å². The van der Waals surface area contributed by atoms with Crippen molar-refractivity contribution in [1.82, 2.24) is 9.88 Å². The Morgan fingerprint density at radius 1 is 1.16 bits per heavy atom. The van der Waals surface area contributed by atoms with E-state index in [2.05, 4.69) is 53.7 Å². The first kappa shape index (κ1) is 13.5. The molecular weight excluding hydrogens is 232 g/mol. The molecule has 0 aliphatic carbocycles. The Labute approximate surface area is 115 Å². The highest BCUT2D eigenvalue weighted by molar-refractivity contribution is 5.25. The third kappa shape index (κ3) is 4.04. The minimum atomic E-state index is 0.878. The molecule has 0 atom stereocenters. The highest BCUT2D eigenvalue weighted by Gasteiger charge is 2.07. The second-order valence-corrected chi connectivity index (χ2v) is 4.75. The van der Waals surface area contributed by atoms with Gasteiger partial charge >= 0.3 is 0 Å². The molecule has 2 aromatic rings. The SMILES string of the molecule is C=CCN(Cc1cccnc1)Cc1ccccc1C. The third-order valence-corrected chi connectivity index (χ3v) is 3.17. The summed E-state index contributed by atoms with van der Waals surface area (Å²) in [5.41, 5.74) is 3.94. The molecule has 1 heterocycles. The van der Waals surface area contributed by atoms with Gasteiger partial charge in [-0.3, -0.25) is 9.88 Å². The summed E-state index contributed by atoms with van der Waals surface area (Å²) in [6.45, 7) is 8.72. The van der Waals surface area contributed by atoms with Crippen molar-refractivity contribution in [2.45, 2.75) is 20.0 Å². The van der Waals surface area contributed by atoms with E-state index in [1.54, 1.807) is 0 Å². The molecule has 0 N–H and O–H groups in total. The maximum atomic E-state index is 4.17. The van der Waals surface area contributed by atoms with Gasteiger partial charge in [0.1, 0.15) is 0 Å². The summed E-state index contributed by atoms with van der Waals surface area (Å²) in [7, 11) is 0. The smallest absolute Gasteiger partial charge is 0.0312 e. The molecule has 19 heavy (non-hydrogen) atoms. The Bertz CT molecular complexity index is 520. The van der Waals surface area contributed by atoms with Crippen LogP contribution in [-0.2, 0) is 13.1 Å². The summed E-state index contributed by atoms with van der Waals surface area (Å²) in [5.74, 6) is 0. The number of pyridine rings is 1. The van der Waals surface area contributed by atoms with E-state index in [1.165, 1.54) is 16.7 Å². The number of rotatable bonds is 6. The van der Waals surface area contributed by atoms with Gasteiger partial charge in [-0.05, 0) is 29.7 Å². The van der Waals surface area contributed by atoms with Gasteiger partial charge in [-0.1, -0.05) is 36.4 Å². The van der Waals surface area contributed by atoms with E-state index < -0.39 is 0 Å². The third-order valence-electron chi connectivity index (χ3n) is 3.17. The van der Waals surface area contributed by atoms with Crippen molar-refractivity contribution < 1.29 is 0 Å². The lowest BCUT2D eigenvalue weighted by molar-refractivity contribution is 0.285. The maximum absolute atomic E-state index is 4.17. The van der Waals surface area contributed by atoms with Crippen LogP contribution in [-0.4, -0.2) is 16.4 Å². The minimum Gasteiger partial charge on any atom is -0.291 e. The van der Waals surface area contributed by atoms with Crippen molar-refractivity contribution in [2.75, 3.05) is 6.54 Å². The monoisotopic (exact) mass is 252 g/mol. The average Bonchev–Trinajstić information content (AvgIpc) is 2.43. The Hall–Kier alpha value is -1.93. The van der Waals surface area contributed by atoms with Gasteiger partial charge in [-0.25, -0.2) is 0 Å². The summed E-state index contributed by atoms with van der Waals surface area (Å²) in [6.07, 6.45) is 5.69. The molecule has 0 bridgehead atoms. The number of hydrogen-bond donors (Lipinski definition) is 0. The molecule has 0 aliphatic heterocycles. The van der Waals surface area contributed by atoms with Crippen LogP contribution in [0.3, 0.4) is 0 Å². The summed E-state index contributed by atoms with van der Waals surface area (Å²) < 4.78 is 0. The Kier molecular flexibility index (Phi) is 4.87. The van der Waals surface area contributed by atoms with Gasteiger partial charge in [0.05, 0.1) is 0 Å². The van der Waals surface area contributed by atoms with Gasteiger partial charge in [0, 0.05) is 32.0 Å². The predicted octanol–water partition coefficient (Wildman–Crippen LogP) is 3.58. The van der Waals surface area contributed by atoms with Crippen molar-refractivity contribution in [3.8, 4) is 0 Å². The number of nitrogens with zero attached hydrogens (tertiary/aromatic N) is 2. The van der Waals surface area contributed by atoms with Crippen LogP contribution in [0.15, 0.2) is 61.4 Å². The summed E-state index contributed by atoms with van der Waals surface area (Å²) in [4.78, 5) is 6.54. The van der Waals surface area contributed by atoms with E-state index in [0.717, 1.165) is 19.6 Å². The van der Waals surface area contributed by atoms with Crippen LogP contribution in [0.1, 0.15) is 16.7 Å². The molecule has 0 spiro atoms. The van der Waals surface area contributed by atoms with Gasteiger partial charge < -0.3 is 0 Å². The van der Waals surface area contributed by atoms with Gasteiger partial charge in [-0.15, -0.1) is 6.58 Å². The standard InChI is InChI=1S/C17H20N2/c1-3-11-19(13-16-8-6-10-18-12-16)14-17-9-5-4-7-15(17)2/h3-10,12H,1,11,13-14H2,2H3.